The van der Waals surface area contributed by atoms with E-state index in [0.717, 1.165) is 30.4 Å². The van der Waals surface area contributed by atoms with Crippen molar-refractivity contribution >= 4 is 30.7 Å². The van der Waals surface area contributed by atoms with Gasteiger partial charge in [0.1, 0.15) is 18.1 Å². The zero-order chi connectivity index (χ0) is 43.6. The molecule has 3 aliphatic carbocycles. The summed E-state index contributed by atoms with van der Waals surface area (Å²) in [6, 6.07) is 13.9. The Morgan fingerprint density at radius 1 is 0.833 bits per heavy atom. The topological polar surface area (TPSA) is 193 Å². The summed E-state index contributed by atoms with van der Waals surface area (Å²) < 4.78 is 12.9. The Kier molecular flexibility index (Phi) is 16.8. The van der Waals surface area contributed by atoms with Gasteiger partial charge >= 0.3 is 7.12 Å². The molecule has 4 fully saturated rings. The van der Waals surface area contributed by atoms with Crippen LogP contribution in [0.3, 0.4) is 0 Å². The van der Waals surface area contributed by atoms with Crippen LogP contribution in [0.15, 0.2) is 48.5 Å². The van der Waals surface area contributed by atoms with Gasteiger partial charge in [-0.15, -0.1) is 0 Å². The van der Waals surface area contributed by atoms with Crippen LogP contribution in [0.4, 0.5) is 0 Å². The van der Waals surface area contributed by atoms with Crippen LogP contribution >= 0.6 is 0 Å². The number of unbranched alkanes of at least 4 members (excludes halogenated alkanes) is 2. The number of nitrogens with one attached hydrogen (secondary N) is 5. The van der Waals surface area contributed by atoms with Crippen molar-refractivity contribution in [2.45, 2.75) is 161 Å². The highest BCUT2D eigenvalue weighted by atomic mass is 16.7. The third-order valence-electron chi connectivity index (χ3n) is 13.3. The molecule has 2 aromatic carbocycles. The second kappa shape index (κ2) is 21.3. The van der Waals surface area contributed by atoms with E-state index in [2.05, 4.69) is 103 Å². The summed E-state index contributed by atoms with van der Waals surface area (Å²) in [5.74, 6) is -1.55. The molecule has 3 saturated carbocycles. The van der Waals surface area contributed by atoms with Crippen LogP contribution in [0.1, 0.15) is 117 Å². The van der Waals surface area contributed by atoms with Crippen molar-refractivity contribution in [1.82, 2.24) is 26.6 Å². The molecule has 8 N–H and O–H groups in total. The van der Waals surface area contributed by atoms with Crippen LogP contribution in [0.25, 0.3) is 11.1 Å². The number of rotatable bonds is 23. The molecular weight excluding hydrogens is 759 g/mol. The maximum atomic E-state index is 13.6. The van der Waals surface area contributed by atoms with Crippen molar-refractivity contribution < 1.29 is 33.6 Å². The third kappa shape index (κ3) is 11.8. The Hall–Kier alpha value is -3.82. The molecule has 6 rings (SSSR count). The molecule has 9 atom stereocenters. The molecule has 2 aromatic rings. The molecule has 4 amide bonds. The van der Waals surface area contributed by atoms with E-state index in [0.29, 0.717) is 57.2 Å². The molecule has 4 aliphatic rings. The molecule has 0 radical (unpaired) electrons. The van der Waals surface area contributed by atoms with Gasteiger partial charge in [0.15, 0.2) is 0 Å². The number of carbonyl (C=O) groups excluding carboxylic acids is 4. The van der Waals surface area contributed by atoms with Gasteiger partial charge in [-0.3, -0.25) is 19.2 Å². The summed E-state index contributed by atoms with van der Waals surface area (Å²) >= 11 is 0. The first-order valence-electron chi connectivity index (χ1n) is 22.4. The fourth-order valence-electron chi connectivity index (χ4n) is 9.25. The largest absolute Gasteiger partial charge is 0.481 e. The average Bonchev–Trinajstić information content (AvgIpc) is 3.59. The quantitative estimate of drug-likeness (QED) is 0.0632. The third-order valence-corrected chi connectivity index (χ3v) is 13.3. The molecule has 60 heavy (non-hydrogen) atoms. The molecule has 1 unspecified atom stereocenters. The Labute approximate surface area is 358 Å². The number of nitrogens with two attached hydrogens (primary N) is 1. The Morgan fingerprint density at radius 2 is 1.50 bits per heavy atom. The first-order chi connectivity index (χ1) is 28.6. The van der Waals surface area contributed by atoms with Gasteiger partial charge in [0.2, 0.25) is 23.6 Å². The van der Waals surface area contributed by atoms with Gasteiger partial charge in [0.05, 0.1) is 23.8 Å². The van der Waals surface area contributed by atoms with Crippen molar-refractivity contribution in [2.75, 3.05) is 13.1 Å². The van der Waals surface area contributed by atoms with E-state index in [4.69, 9.17) is 15.0 Å². The summed E-state index contributed by atoms with van der Waals surface area (Å²) in [6.45, 7) is 15.3. The second-order valence-corrected chi connectivity index (χ2v) is 18.3. The van der Waals surface area contributed by atoms with Gasteiger partial charge in [-0.1, -0.05) is 75.7 Å². The number of hydrogen-bond acceptors (Lipinski definition) is 9. The summed E-state index contributed by atoms with van der Waals surface area (Å²) in [5.41, 5.74) is 10.3. The van der Waals surface area contributed by atoms with Crippen LogP contribution in [0.2, 0.25) is 0 Å². The zero-order valence-electron chi connectivity index (χ0n) is 37.0. The molecule has 13 nitrogen and oxygen atoms in total. The van der Waals surface area contributed by atoms with Gasteiger partial charge in [0, 0.05) is 13.0 Å². The first kappa shape index (κ1) is 47.2. The fourth-order valence-corrected chi connectivity index (χ4v) is 9.25. The molecule has 2 bridgehead atoms. The summed E-state index contributed by atoms with van der Waals surface area (Å²) in [6.07, 6.45) is 6.57. The maximum absolute atomic E-state index is 13.6. The van der Waals surface area contributed by atoms with Crippen LogP contribution < -0.4 is 32.3 Å². The molecule has 1 aliphatic heterocycles. The summed E-state index contributed by atoms with van der Waals surface area (Å²) in [4.78, 5) is 53.1. The van der Waals surface area contributed by atoms with E-state index >= 15 is 0 Å². The molecule has 1 heterocycles. The van der Waals surface area contributed by atoms with Crippen molar-refractivity contribution in [3.8, 4) is 11.1 Å². The predicted octanol–water partition coefficient (Wildman–Crippen LogP) is 4.32. The van der Waals surface area contributed by atoms with Crippen LogP contribution in [0, 0.1) is 17.3 Å². The summed E-state index contributed by atoms with van der Waals surface area (Å²) in [5, 5.41) is 24.8. The molecule has 14 heteroatoms. The Bertz CT molecular complexity index is 1740. The standard InChI is InChI=1S/C46H71BN6O7/c1-8-9-13-32-16-20-34(21-17-32)35-22-18-33(19-23-35)28-49-25-12-15-40(55)53-41(30(3)54)44(58)50-29(2)42(56)52-37(14-10-11-24-48)43(57)51-31(4)47-59-39-27-36-26-38(45(36,5)6)46(39,7)60-47/h16-23,29-31,36-39,41,49,54H,8-15,24-28,48H2,1-7H3,(H,50,58)(H,51,57)(H,52,56)(H,53,55)/t29-,30+,31-,36-,37-,38-,39?,41-,46-/m0/s1. The van der Waals surface area contributed by atoms with Crippen LogP contribution in [-0.4, -0.2) is 90.8 Å². The number of carbonyl (C=O) groups is 4. The number of amides is 4. The minimum Gasteiger partial charge on any atom is -0.404 e. The van der Waals surface area contributed by atoms with Crippen LogP contribution in [0.5, 0.6) is 0 Å². The minimum absolute atomic E-state index is 0.0282. The Balaban J connectivity index is 1.03. The van der Waals surface area contributed by atoms with Gasteiger partial charge in [-0.2, -0.15) is 0 Å². The normalized spacial score (nSPS) is 23.9. The van der Waals surface area contributed by atoms with Crippen molar-refractivity contribution in [3.05, 3.63) is 59.7 Å². The highest BCUT2D eigenvalue weighted by Gasteiger charge is 2.68. The van der Waals surface area contributed by atoms with Crippen molar-refractivity contribution in [2.24, 2.45) is 23.0 Å². The molecular formula is C46H71BN6O7. The zero-order valence-corrected chi connectivity index (χ0v) is 37.0. The predicted molar refractivity (Wildman–Crippen MR) is 235 cm³/mol. The molecule has 1 saturated heterocycles. The van der Waals surface area contributed by atoms with E-state index in [9.17, 15) is 24.3 Å². The second-order valence-electron chi connectivity index (χ2n) is 18.3. The SMILES string of the molecule is CCCCc1ccc(-c2ccc(CNCCCC(=O)N[C@H](C(=O)N[C@@H](C)C(=O)N[C@@H](CCCCN)C(=O)N[C@@H](C)B3OC4C[C@@H]5C[C@@H](C5(C)C)[C@]4(C)O3)[C@@H](C)O)cc2)cc1. The van der Waals surface area contributed by atoms with Gasteiger partial charge in [-0.05, 0) is 132 Å². The highest BCUT2D eigenvalue weighted by Crippen LogP contribution is 2.65. The highest BCUT2D eigenvalue weighted by molar-refractivity contribution is 6.47. The average molecular weight is 831 g/mol. The van der Waals surface area contributed by atoms with E-state index in [1.807, 2.05) is 6.92 Å². The van der Waals surface area contributed by atoms with Gasteiger partial charge in [0.25, 0.3) is 0 Å². The van der Waals surface area contributed by atoms with E-state index in [-0.39, 0.29) is 23.8 Å². The van der Waals surface area contributed by atoms with E-state index in [1.165, 1.54) is 37.8 Å². The number of benzene rings is 2. The monoisotopic (exact) mass is 831 g/mol. The summed E-state index contributed by atoms with van der Waals surface area (Å²) in [7, 11) is -0.617. The van der Waals surface area contributed by atoms with Crippen molar-refractivity contribution in [1.29, 1.82) is 0 Å². The lowest BCUT2D eigenvalue weighted by Gasteiger charge is -2.64. The van der Waals surface area contributed by atoms with Crippen molar-refractivity contribution in [3.63, 3.8) is 0 Å². The van der Waals surface area contributed by atoms with Gasteiger partial charge < -0.3 is 46.7 Å². The fraction of sp³-hybridized carbons (Fsp3) is 0.652. The van der Waals surface area contributed by atoms with E-state index < -0.39 is 60.6 Å². The lowest BCUT2D eigenvalue weighted by molar-refractivity contribution is -0.199. The minimum atomic E-state index is -1.27. The number of hydrogen-bond donors (Lipinski definition) is 7. The maximum Gasteiger partial charge on any atom is 0.481 e. The Morgan fingerprint density at radius 3 is 2.12 bits per heavy atom. The number of aliphatic hydroxyl groups is 1. The number of aliphatic hydroxyl groups excluding tert-OH is 1. The molecule has 0 aromatic heterocycles. The smallest absolute Gasteiger partial charge is 0.404 e. The molecule has 330 valence electrons. The van der Waals surface area contributed by atoms with E-state index in [1.54, 1.807) is 0 Å². The lowest BCUT2D eigenvalue weighted by Crippen LogP contribution is -2.65. The van der Waals surface area contributed by atoms with Crippen LogP contribution in [-0.2, 0) is 41.5 Å². The number of aryl methyl sites for hydroxylation is 1. The lowest BCUT2D eigenvalue weighted by atomic mass is 9.43. The molecule has 0 spiro atoms. The van der Waals surface area contributed by atoms with Gasteiger partial charge in [-0.25, -0.2) is 0 Å². The first-order valence-corrected chi connectivity index (χ1v) is 22.4.